The van der Waals surface area contributed by atoms with E-state index in [1.807, 2.05) is 19.9 Å². The molecular formula is C9H13IO3. The van der Waals surface area contributed by atoms with Crippen molar-refractivity contribution >= 4 is 22.6 Å². The number of rotatable bonds is 5. The summed E-state index contributed by atoms with van der Waals surface area (Å²) in [6.45, 7) is 5.09. The summed E-state index contributed by atoms with van der Waals surface area (Å²) in [4.78, 5) is 0. The van der Waals surface area contributed by atoms with Gasteiger partial charge in [-0.2, -0.15) is 0 Å². The third kappa shape index (κ3) is 3.28. The predicted molar refractivity (Wildman–Crippen MR) is 57.4 cm³/mol. The second kappa shape index (κ2) is 5.62. The normalized spacial score (nSPS) is 11.1. The zero-order chi connectivity index (χ0) is 9.68. The van der Waals surface area contributed by atoms with Crippen molar-refractivity contribution in [1.29, 1.82) is 0 Å². The maximum atomic E-state index is 5.36. The SMILES string of the molecule is CCOC(OCC)c1cc(I)co1. The van der Waals surface area contributed by atoms with Gasteiger partial charge in [-0.3, -0.25) is 0 Å². The van der Waals surface area contributed by atoms with Gasteiger partial charge >= 0.3 is 0 Å². The van der Waals surface area contributed by atoms with Gasteiger partial charge in [-0.1, -0.05) is 0 Å². The van der Waals surface area contributed by atoms with Gasteiger partial charge in [-0.05, 0) is 42.5 Å². The molecule has 0 spiro atoms. The molecule has 4 heteroatoms. The van der Waals surface area contributed by atoms with Crippen LogP contribution in [0, 0.1) is 3.57 Å². The van der Waals surface area contributed by atoms with E-state index in [0.717, 1.165) is 9.33 Å². The van der Waals surface area contributed by atoms with Crippen LogP contribution in [-0.2, 0) is 9.47 Å². The molecule has 3 nitrogen and oxygen atoms in total. The van der Waals surface area contributed by atoms with E-state index >= 15 is 0 Å². The highest BCUT2D eigenvalue weighted by Crippen LogP contribution is 2.22. The van der Waals surface area contributed by atoms with Crippen molar-refractivity contribution in [1.82, 2.24) is 0 Å². The van der Waals surface area contributed by atoms with Crippen LogP contribution in [0.1, 0.15) is 25.9 Å². The molecule has 0 N–H and O–H groups in total. The zero-order valence-corrected chi connectivity index (χ0v) is 9.91. The molecule has 0 aliphatic carbocycles. The topological polar surface area (TPSA) is 31.6 Å². The molecule has 13 heavy (non-hydrogen) atoms. The highest BCUT2D eigenvalue weighted by atomic mass is 127. The van der Waals surface area contributed by atoms with E-state index in [4.69, 9.17) is 13.9 Å². The molecule has 0 bridgehead atoms. The molecule has 0 saturated carbocycles. The van der Waals surface area contributed by atoms with Gasteiger partial charge in [-0.25, -0.2) is 0 Å². The van der Waals surface area contributed by atoms with E-state index in [-0.39, 0.29) is 6.29 Å². The first-order valence-corrected chi connectivity index (χ1v) is 5.33. The summed E-state index contributed by atoms with van der Waals surface area (Å²) in [6.07, 6.45) is 1.32. The Morgan fingerprint density at radius 3 is 2.38 bits per heavy atom. The minimum atomic E-state index is -0.362. The molecule has 0 aromatic carbocycles. The Kier molecular flexibility index (Phi) is 4.76. The van der Waals surface area contributed by atoms with Crippen LogP contribution in [-0.4, -0.2) is 13.2 Å². The first kappa shape index (κ1) is 11.0. The smallest absolute Gasteiger partial charge is 0.217 e. The molecule has 0 aliphatic rings. The van der Waals surface area contributed by atoms with Crippen LogP contribution in [0.4, 0.5) is 0 Å². The van der Waals surface area contributed by atoms with Gasteiger partial charge < -0.3 is 13.9 Å². The number of ether oxygens (including phenoxy) is 2. The van der Waals surface area contributed by atoms with Gasteiger partial charge in [0.1, 0.15) is 6.26 Å². The number of furan rings is 1. The van der Waals surface area contributed by atoms with Gasteiger partial charge in [0.25, 0.3) is 0 Å². The van der Waals surface area contributed by atoms with Crippen molar-refractivity contribution in [3.63, 3.8) is 0 Å². The summed E-state index contributed by atoms with van der Waals surface area (Å²) in [5.41, 5.74) is 0. The quantitative estimate of drug-likeness (QED) is 0.618. The summed E-state index contributed by atoms with van der Waals surface area (Å²) >= 11 is 2.19. The minimum absolute atomic E-state index is 0.362. The second-order valence-electron chi connectivity index (χ2n) is 2.41. The van der Waals surface area contributed by atoms with Crippen LogP contribution in [0.3, 0.4) is 0 Å². The molecule has 0 unspecified atom stereocenters. The van der Waals surface area contributed by atoms with Crippen molar-refractivity contribution in [2.75, 3.05) is 13.2 Å². The van der Waals surface area contributed by atoms with E-state index < -0.39 is 0 Å². The third-order valence-electron chi connectivity index (χ3n) is 1.46. The highest BCUT2D eigenvalue weighted by molar-refractivity contribution is 14.1. The van der Waals surface area contributed by atoms with Crippen molar-refractivity contribution < 1.29 is 13.9 Å². The first-order chi connectivity index (χ1) is 6.27. The van der Waals surface area contributed by atoms with Gasteiger partial charge in [0.15, 0.2) is 5.76 Å². The van der Waals surface area contributed by atoms with Gasteiger partial charge in [0.05, 0.1) is 3.57 Å². The zero-order valence-electron chi connectivity index (χ0n) is 7.75. The van der Waals surface area contributed by atoms with Crippen LogP contribution in [0.2, 0.25) is 0 Å². The standard InChI is InChI=1S/C9H13IO3/c1-3-11-9(12-4-2)8-5-7(10)6-13-8/h5-6,9H,3-4H2,1-2H3. The van der Waals surface area contributed by atoms with Gasteiger partial charge in [0, 0.05) is 13.2 Å². The molecule has 1 aromatic heterocycles. The molecule has 0 saturated heterocycles. The molecule has 0 radical (unpaired) electrons. The van der Waals surface area contributed by atoms with Crippen LogP contribution < -0.4 is 0 Å². The molecule has 0 atom stereocenters. The predicted octanol–water partition coefficient (Wildman–Crippen LogP) is 2.96. The maximum absolute atomic E-state index is 5.36. The Hall–Kier alpha value is -0.0700. The second-order valence-corrected chi connectivity index (χ2v) is 3.66. The molecule has 0 aliphatic heterocycles. The summed E-state index contributed by atoms with van der Waals surface area (Å²) in [7, 11) is 0. The first-order valence-electron chi connectivity index (χ1n) is 4.25. The van der Waals surface area contributed by atoms with Crippen LogP contribution in [0.5, 0.6) is 0 Å². The molecule has 74 valence electrons. The fourth-order valence-electron chi connectivity index (χ4n) is 0.967. The van der Waals surface area contributed by atoms with Crippen molar-refractivity contribution in [2.24, 2.45) is 0 Å². The fourth-order valence-corrected chi connectivity index (χ4v) is 1.40. The molecular weight excluding hydrogens is 283 g/mol. The summed E-state index contributed by atoms with van der Waals surface area (Å²) < 4.78 is 17.1. The van der Waals surface area contributed by atoms with Crippen molar-refractivity contribution in [2.45, 2.75) is 20.1 Å². The maximum Gasteiger partial charge on any atom is 0.217 e. The summed E-state index contributed by atoms with van der Waals surface area (Å²) in [6, 6.07) is 1.91. The fraction of sp³-hybridized carbons (Fsp3) is 0.556. The Labute approximate surface area is 91.5 Å². The lowest BCUT2D eigenvalue weighted by molar-refractivity contribution is -0.150. The molecule has 1 heterocycles. The lowest BCUT2D eigenvalue weighted by Crippen LogP contribution is -2.07. The van der Waals surface area contributed by atoms with Gasteiger partial charge in [0.2, 0.25) is 6.29 Å². The van der Waals surface area contributed by atoms with E-state index in [0.29, 0.717) is 13.2 Å². The van der Waals surface area contributed by atoms with E-state index in [1.165, 1.54) is 0 Å². The lowest BCUT2D eigenvalue weighted by atomic mass is 10.4. The minimum Gasteiger partial charge on any atom is -0.463 e. The van der Waals surface area contributed by atoms with Crippen molar-refractivity contribution in [3.05, 3.63) is 21.7 Å². The summed E-state index contributed by atoms with van der Waals surface area (Å²) in [5.74, 6) is 0.730. The number of hydrogen-bond donors (Lipinski definition) is 0. The Morgan fingerprint density at radius 2 is 2.00 bits per heavy atom. The Bertz CT molecular complexity index is 241. The average Bonchev–Trinajstić information content (AvgIpc) is 2.51. The van der Waals surface area contributed by atoms with Crippen LogP contribution in [0.15, 0.2) is 16.7 Å². The monoisotopic (exact) mass is 296 g/mol. The van der Waals surface area contributed by atoms with Gasteiger partial charge in [-0.15, -0.1) is 0 Å². The van der Waals surface area contributed by atoms with E-state index in [2.05, 4.69) is 22.6 Å². The molecule has 0 fully saturated rings. The Morgan fingerprint density at radius 1 is 1.38 bits per heavy atom. The number of hydrogen-bond acceptors (Lipinski definition) is 3. The van der Waals surface area contributed by atoms with Crippen LogP contribution >= 0.6 is 22.6 Å². The van der Waals surface area contributed by atoms with Crippen LogP contribution in [0.25, 0.3) is 0 Å². The molecule has 1 aromatic rings. The lowest BCUT2D eigenvalue weighted by Gasteiger charge is -2.13. The molecule has 1 rings (SSSR count). The number of halogens is 1. The largest absolute Gasteiger partial charge is 0.463 e. The molecule has 0 amide bonds. The average molecular weight is 296 g/mol. The highest BCUT2D eigenvalue weighted by Gasteiger charge is 2.14. The van der Waals surface area contributed by atoms with E-state index in [9.17, 15) is 0 Å². The Balaban J connectivity index is 2.63. The third-order valence-corrected chi connectivity index (χ3v) is 2.02. The summed E-state index contributed by atoms with van der Waals surface area (Å²) in [5, 5.41) is 0. The van der Waals surface area contributed by atoms with Crippen molar-refractivity contribution in [3.8, 4) is 0 Å². The van der Waals surface area contributed by atoms with E-state index in [1.54, 1.807) is 6.26 Å².